The highest BCUT2D eigenvalue weighted by molar-refractivity contribution is 5.74. The maximum absolute atomic E-state index is 10.9. The fourth-order valence-corrected chi connectivity index (χ4v) is 2.67. The Hall–Kier alpha value is -0.610. The van der Waals surface area contributed by atoms with Gasteiger partial charge in [0.2, 0.25) is 0 Å². The van der Waals surface area contributed by atoms with Crippen molar-refractivity contribution in [1.29, 1.82) is 0 Å². The van der Waals surface area contributed by atoms with E-state index in [-0.39, 0.29) is 6.04 Å². The van der Waals surface area contributed by atoms with Crippen LogP contribution in [0.1, 0.15) is 26.2 Å². The number of carbonyl (C=O) groups is 1. The maximum atomic E-state index is 10.9. The predicted molar refractivity (Wildman–Crippen MR) is 53.2 cm³/mol. The zero-order valence-corrected chi connectivity index (χ0v) is 8.57. The lowest BCUT2D eigenvalue weighted by Gasteiger charge is -2.45. The van der Waals surface area contributed by atoms with Crippen LogP contribution in [0, 0.1) is 0 Å². The predicted octanol–water partition coefficient (Wildman–Crippen LogP) is 0.286. The first-order valence-corrected chi connectivity index (χ1v) is 5.41. The first-order valence-electron chi connectivity index (χ1n) is 5.41. The molecule has 2 N–H and O–H groups in total. The van der Waals surface area contributed by atoms with Crippen molar-refractivity contribution in [3.05, 3.63) is 0 Å². The van der Waals surface area contributed by atoms with Crippen LogP contribution in [0.4, 0.5) is 0 Å². The number of nitrogens with one attached hydrogen (secondary N) is 1. The number of carboxylic acids is 1. The summed E-state index contributed by atoms with van der Waals surface area (Å²) in [5, 5.41) is 12.1. The van der Waals surface area contributed by atoms with Gasteiger partial charge in [0.05, 0.1) is 0 Å². The third-order valence-electron chi connectivity index (χ3n) is 3.42. The minimum Gasteiger partial charge on any atom is -0.480 e. The van der Waals surface area contributed by atoms with E-state index < -0.39 is 5.97 Å². The molecule has 2 rings (SSSR count). The lowest BCUT2D eigenvalue weighted by molar-refractivity contribution is -0.142. The summed E-state index contributed by atoms with van der Waals surface area (Å²) in [4.78, 5) is 13.2. The number of rotatable bonds is 1. The Morgan fingerprint density at radius 1 is 1.50 bits per heavy atom. The molecule has 0 aromatic heterocycles. The van der Waals surface area contributed by atoms with Crippen LogP contribution in [0.3, 0.4) is 0 Å². The van der Waals surface area contributed by atoms with Crippen molar-refractivity contribution in [3.63, 3.8) is 0 Å². The van der Waals surface area contributed by atoms with Gasteiger partial charge in [0, 0.05) is 18.6 Å². The average Bonchev–Trinajstić information content (AvgIpc) is 2.17. The summed E-state index contributed by atoms with van der Waals surface area (Å²) in [6.45, 7) is 3.84. The van der Waals surface area contributed by atoms with Crippen molar-refractivity contribution in [2.45, 2.75) is 44.3 Å². The number of piperidine rings is 1. The molecule has 0 bridgehead atoms. The molecule has 2 heterocycles. The van der Waals surface area contributed by atoms with Gasteiger partial charge in [-0.05, 0) is 26.3 Å². The Bertz CT molecular complexity index is 232. The fraction of sp³-hybridized carbons (Fsp3) is 0.900. The molecule has 2 aliphatic heterocycles. The average molecular weight is 198 g/mol. The molecule has 0 radical (unpaired) electrons. The molecule has 0 aliphatic carbocycles. The molecule has 2 aliphatic rings. The number of aliphatic carboxylic acids is 1. The van der Waals surface area contributed by atoms with Gasteiger partial charge in [0.25, 0.3) is 0 Å². The number of hydrogen-bond acceptors (Lipinski definition) is 3. The lowest BCUT2D eigenvalue weighted by atomic mass is 9.92. The summed E-state index contributed by atoms with van der Waals surface area (Å²) < 4.78 is 0. The Balaban J connectivity index is 2.04. The minimum absolute atomic E-state index is 0.310. The molecule has 3 atom stereocenters. The zero-order chi connectivity index (χ0) is 10.1. The van der Waals surface area contributed by atoms with Crippen molar-refractivity contribution >= 4 is 5.97 Å². The molecule has 0 spiro atoms. The van der Waals surface area contributed by atoms with Crippen LogP contribution in [0.2, 0.25) is 0 Å². The van der Waals surface area contributed by atoms with E-state index in [0.29, 0.717) is 18.6 Å². The van der Waals surface area contributed by atoms with Gasteiger partial charge in [-0.3, -0.25) is 15.0 Å². The highest BCUT2D eigenvalue weighted by Gasteiger charge is 2.36. The number of hydrogen-bond donors (Lipinski definition) is 2. The Kier molecular flexibility index (Phi) is 2.74. The molecule has 4 nitrogen and oxygen atoms in total. The second-order valence-electron chi connectivity index (χ2n) is 4.40. The van der Waals surface area contributed by atoms with Crippen LogP contribution in [0.25, 0.3) is 0 Å². The molecule has 0 amide bonds. The van der Waals surface area contributed by atoms with Crippen LogP contribution >= 0.6 is 0 Å². The largest absolute Gasteiger partial charge is 0.480 e. The molecular formula is C10H18N2O2. The quantitative estimate of drug-likeness (QED) is 0.635. The molecule has 0 aromatic carbocycles. The summed E-state index contributed by atoms with van der Waals surface area (Å²) in [6, 6.07) is 0.490. The first-order chi connectivity index (χ1) is 6.68. The van der Waals surface area contributed by atoms with E-state index in [0.717, 1.165) is 6.54 Å². The van der Waals surface area contributed by atoms with E-state index in [1.807, 2.05) is 0 Å². The second kappa shape index (κ2) is 3.87. The van der Waals surface area contributed by atoms with Crippen molar-refractivity contribution in [3.8, 4) is 0 Å². The van der Waals surface area contributed by atoms with Gasteiger partial charge in [-0.2, -0.15) is 0 Å². The van der Waals surface area contributed by atoms with E-state index >= 15 is 0 Å². The zero-order valence-electron chi connectivity index (χ0n) is 8.57. The Labute approximate surface area is 84.3 Å². The van der Waals surface area contributed by atoms with Gasteiger partial charge < -0.3 is 5.11 Å². The van der Waals surface area contributed by atoms with E-state index in [1.165, 1.54) is 19.3 Å². The fourth-order valence-electron chi connectivity index (χ4n) is 2.67. The molecule has 0 aromatic rings. The van der Waals surface area contributed by atoms with E-state index in [9.17, 15) is 4.79 Å². The summed E-state index contributed by atoms with van der Waals surface area (Å²) in [5.74, 6) is -0.721. The highest BCUT2D eigenvalue weighted by atomic mass is 16.4. The summed E-state index contributed by atoms with van der Waals surface area (Å²) in [5.41, 5.74) is 0. The van der Waals surface area contributed by atoms with Gasteiger partial charge in [0.1, 0.15) is 6.04 Å². The second-order valence-corrected chi connectivity index (χ2v) is 4.40. The van der Waals surface area contributed by atoms with Crippen molar-refractivity contribution in [2.24, 2.45) is 0 Å². The number of fused-ring (bicyclic) bond motifs is 1. The van der Waals surface area contributed by atoms with Crippen molar-refractivity contribution in [1.82, 2.24) is 10.2 Å². The molecule has 14 heavy (non-hydrogen) atoms. The number of nitrogens with zero attached hydrogens (tertiary/aromatic N) is 1. The Morgan fingerprint density at radius 3 is 3.00 bits per heavy atom. The lowest BCUT2D eigenvalue weighted by Crippen LogP contribution is -2.64. The van der Waals surface area contributed by atoms with Crippen LogP contribution < -0.4 is 5.32 Å². The Morgan fingerprint density at radius 2 is 2.29 bits per heavy atom. The highest BCUT2D eigenvalue weighted by Crippen LogP contribution is 2.23. The molecular weight excluding hydrogens is 180 g/mol. The molecule has 2 fully saturated rings. The van der Waals surface area contributed by atoms with Gasteiger partial charge in [-0.1, -0.05) is 6.42 Å². The number of carboxylic acid groups (broad SMARTS) is 1. The molecule has 2 saturated heterocycles. The van der Waals surface area contributed by atoms with Crippen LogP contribution in [0.15, 0.2) is 0 Å². The topological polar surface area (TPSA) is 52.6 Å². The smallest absolute Gasteiger partial charge is 0.322 e. The van der Waals surface area contributed by atoms with Gasteiger partial charge in [-0.25, -0.2) is 0 Å². The van der Waals surface area contributed by atoms with Crippen molar-refractivity contribution < 1.29 is 9.90 Å². The van der Waals surface area contributed by atoms with Crippen LogP contribution in [-0.4, -0.2) is 47.2 Å². The monoisotopic (exact) mass is 198 g/mol. The third kappa shape index (κ3) is 1.77. The molecule has 0 saturated carbocycles. The van der Waals surface area contributed by atoms with E-state index in [1.54, 1.807) is 0 Å². The van der Waals surface area contributed by atoms with Gasteiger partial charge >= 0.3 is 5.97 Å². The standard InChI is InChI=1S/C10H18N2O2/c1-7-9-4-2-3-5-12(9)6-8(11-7)10(13)14/h7-9,11H,2-6H2,1H3,(H,13,14). The van der Waals surface area contributed by atoms with Gasteiger partial charge in [0.15, 0.2) is 0 Å². The maximum Gasteiger partial charge on any atom is 0.322 e. The third-order valence-corrected chi connectivity index (χ3v) is 3.42. The number of piperazine rings is 1. The summed E-state index contributed by atoms with van der Waals surface area (Å²) in [6.07, 6.45) is 3.71. The SMILES string of the molecule is CC1NC(C(=O)O)CN2CCCCC12. The molecule has 3 unspecified atom stereocenters. The molecule has 80 valence electrons. The van der Waals surface area contributed by atoms with E-state index in [4.69, 9.17) is 5.11 Å². The first kappa shape index (κ1) is 9.93. The van der Waals surface area contributed by atoms with Crippen molar-refractivity contribution in [2.75, 3.05) is 13.1 Å². The normalized spacial score (nSPS) is 39.1. The summed E-state index contributed by atoms with van der Waals surface area (Å²) >= 11 is 0. The van der Waals surface area contributed by atoms with E-state index in [2.05, 4.69) is 17.1 Å². The molecule has 4 heteroatoms. The van der Waals surface area contributed by atoms with Crippen LogP contribution in [0.5, 0.6) is 0 Å². The summed E-state index contributed by atoms with van der Waals surface area (Å²) in [7, 11) is 0. The minimum atomic E-state index is -0.721. The van der Waals surface area contributed by atoms with Gasteiger partial charge in [-0.15, -0.1) is 0 Å². The van der Waals surface area contributed by atoms with Crippen LogP contribution in [-0.2, 0) is 4.79 Å².